The Balaban J connectivity index is 2.62. The van der Waals surface area contributed by atoms with E-state index in [2.05, 4.69) is 10.6 Å². The highest BCUT2D eigenvalue weighted by atomic mass is 16.4. The van der Waals surface area contributed by atoms with E-state index in [-0.39, 0.29) is 24.7 Å². The van der Waals surface area contributed by atoms with E-state index in [1.807, 2.05) is 25.7 Å². The second-order valence-corrected chi connectivity index (χ2v) is 5.48. The number of nitrogens with one attached hydrogen (secondary N) is 2. The maximum absolute atomic E-state index is 12.0. The summed E-state index contributed by atoms with van der Waals surface area (Å²) in [4.78, 5) is 36.1. The molecule has 0 radical (unpaired) electrons. The van der Waals surface area contributed by atoms with Crippen LogP contribution < -0.4 is 10.6 Å². The molecule has 0 unspecified atom stereocenters. The number of hydrogen-bond donors (Lipinski definition) is 3. The number of likely N-dealkylation sites (N-methyl/N-ethyl adjacent to an activating group) is 1. The first kappa shape index (κ1) is 19.6. The highest BCUT2D eigenvalue weighted by Gasteiger charge is 2.10. The van der Waals surface area contributed by atoms with Crippen LogP contribution in [0.3, 0.4) is 0 Å². The lowest BCUT2D eigenvalue weighted by atomic mass is 10.1. The van der Waals surface area contributed by atoms with Crippen LogP contribution in [0, 0.1) is 6.92 Å². The molecule has 24 heavy (non-hydrogen) atoms. The van der Waals surface area contributed by atoms with Gasteiger partial charge in [0, 0.05) is 17.8 Å². The number of rotatable bonds is 9. The van der Waals surface area contributed by atoms with Gasteiger partial charge in [0.05, 0.1) is 13.0 Å². The van der Waals surface area contributed by atoms with Gasteiger partial charge in [0.1, 0.15) is 0 Å². The zero-order chi connectivity index (χ0) is 18.1. The van der Waals surface area contributed by atoms with E-state index < -0.39 is 5.97 Å². The molecule has 0 aromatic heterocycles. The van der Waals surface area contributed by atoms with Crippen LogP contribution >= 0.6 is 0 Å². The summed E-state index contributed by atoms with van der Waals surface area (Å²) in [6.45, 7) is 7.79. The van der Waals surface area contributed by atoms with Crippen LogP contribution in [-0.2, 0) is 14.4 Å². The Morgan fingerprint density at radius 1 is 1.04 bits per heavy atom. The predicted molar refractivity (Wildman–Crippen MR) is 93.1 cm³/mol. The fourth-order valence-corrected chi connectivity index (χ4v) is 2.17. The first-order valence-corrected chi connectivity index (χ1v) is 8.00. The molecule has 0 aliphatic heterocycles. The predicted octanol–water partition coefficient (Wildman–Crippen LogP) is 2.08. The largest absolute Gasteiger partial charge is 0.481 e. The van der Waals surface area contributed by atoms with Gasteiger partial charge in [0.25, 0.3) is 0 Å². The molecular formula is C17H25N3O4. The molecule has 0 atom stereocenters. The summed E-state index contributed by atoms with van der Waals surface area (Å²) in [5, 5.41) is 14.1. The number of carboxylic acid groups (broad SMARTS) is 1. The van der Waals surface area contributed by atoms with Crippen molar-refractivity contribution in [3.63, 3.8) is 0 Å². The van der Waals surface area contributed by atoms with Gasteiger partial charge in [0.2, 0.25) is 11.8 Å². The Bertz CT molecular complexity index is 597. The summed E-state index contributed by atoms with van der Waals surface area (Å²) in [5.41, 5.74) is 2.08. The molecule has 0 saturated heterocycles. The van der Waals surface area contributed by atoms with E-state index in [1.165, 1.54) is 0 Å². The Hall–Kier alpha value is -2.41. The second-order valence-electron chi connectivity index (χ2n) is 5.48. The molecule has 1 aromatic carbocycles. The third-order valence-corrected chi connectivity index (χ3v) is 3.61. The van der Waals surface area contributed by atoms with Crippen LogP contribution in [0.5, 0.6) is 0 Å². The average molecular weight is 335 g/mol. The first-order chi connectivity index (χ1) is 11.3. The fraction of sp³-hybridized carbons (Fsp3) is 0.471. The summed E-state index contributed by atoms with van der Waals surface area (Å²) < 4.78 is 0. The van der Waals surface area contributed by atoms with Gasteiger partial charge in [-0.05, 0) is 43.8 Å². The van der Waals surface area contributed by atoms with Gasteiger partial charge >= 0.3 is 5.97 Å². The van der Waals surface area contributed by atoms with Crippen molar-refractivity contribution in [1.29, 1.82) is 0 Å². The number of amides is 2. The molecular weight excluding hydrogens is 310 g/mol. The molecule has 1 aromatic rings. The molecule has 0 aliphatic carbocycles. The minimum absolute atomic E-state index is 0.0727. The van der Waals surface area contributed by atoms with Gasteiger partial charge in [-0.2, -0.15) is 0 Å². The van der Waals surface area contributed by atoms with Crippen LogP contribution in [0.4, 0.5) is 11.4 Å². The second kappa shape index (κ2) is 9.67. The van der Waals surface area contributed by atoms with Crippen molar-refractivity contribution in [2.75, 3.05) is 30.3 Å². The number of benzene rings is 1. The maximum atomic E-state index is 12.0. The highest BCUT2D eigenvalue weighted by molar-refractivity contribution is 5.95. The van der Waals surface area contributed by atoms with Crippen LogP contribution in [0.15, 0.2) is 18.2 Å². The van der Waals surface area contributed by atoms with Crippen molar-refractivity contribution < 1.29 is 19.5 Å². The molecule has 7 heteroatoms. The summed E-state index contributed by atoms with van der Waals surface area (Å²) in [7, 11) is 0. The standard InChI is InChI=1S/C17H25N3O4/c1-4-20(5-2)11-16(22)19-14-7-6-13(10-12(14)3)18-15(21)8-9-17(23)24/h6-7,10H,4-5,8-9,11H2,1-3H3,(H,18,21)(H,19,22)(H,23,24). The topological polar surface area (TPSA) is 98.7 Å². The van der Waals surface area contributed by atoms with E-state index in [0.29, 0.717) is 17.9 Å². The first-order valence-electron chi connectivity index (χ1n) is 8.00. The summed E-state index contributed by atoms with van der Waals surface area (Å²) in [6.07, 6.45) is -0.277. The van der Waals surface area contributed by atoms with Gasteiger partial charge < -0.3 is 15.7 Å². The third-order valence-electron chi connectivity index (χ3n) is 3.61. The van der Waals surface area contributed by atoms with Gasteiger partial charge in [-0.1, -0.05) is 13.8 Å². The Morgan fingerprint density at radius 3 is 2.25 bits per heavy atom. The van der Waals surface area contributed by atoms with Gasteiger partial charge in [-0.3, -0.25) is 19.3 Å². The normalized spacial score (nSPS) is 10.5. The number of aryl methyl sites for hydroxylation is 1. The van der Waals surface area contributed by atoms with Crippen molar-refractivity contribution in [2.45, 2.75) is 33.6 Å². The summed E-state index contributed by atoms with van der Waals surface area (Å²) in [5.74, 6) is -1.44. The van der Waals surface area contributed by atoms with Gasteiger partial charge in [0.15, 0.2) is 0 Å². The molecule has 2 amide bonds. The van der Waals surface area contributed by atoms with E-state index in [9.17, 15) is 14.4 Å². The summed E-state index contributed by atoms with van der Waals surface area (Å²) >= 11 is 0. The van der Waals surface area contributed by atoms with Crippen molar-refractivity contribution in [3.8, 4) is 0 Å². The molecule has 0 heterocycles. The molecule has 3 N–H and O–H groups in total. The minimum Gasteiger partial charge on any atom is -0.481 e. The number of anilines is 2. The Morgan fingerprint density at radius 2 is 1.71 bits per heavy atom. The van der Waals surface area contributed by atoms with E-state index in [4.69, 9.17) is 5.11 Å². The molecule has 0 aliphatic rings. The van der Waals surface area contributed by atoms with Gasteiger partial charge in [-0.25, -0.2) is 0 Å². The third kappa shape index (κ3) is 6.78. The molecule has 0 spiro atoms. The van der Waals surface area contributed by atoms with E-state index in [1.54, 1.807) is 18.2 Å². The quantitative estimate of drug-likeness (QED) is 0.642. The number of carboxylic acids is 1. The number of aliphatic carboxylic acids is 1. The van der Waals surface area contributed by atoms with Crippen molar-refractivity contribution >= 4 is 29.2 Å². The smallest absolute Gasteiger partial charge is 0.303 e. The van der Waals surface area contributed by atoms with E-state index in [0.717, 1.165) is 18.7 Å². The average Bonchev–Trinajstić information content (AvgIpc) is 2.53. The van der Waals surface area contributed by atoms with Crippen LogP contribution in [-0.4, -0.2) is 47.4 Å². The SMILES string of the molecule is CCN(CC)CC(=O)Nc1ccc(NC(=O)CCC(=O)O)cc1C. The number of hydrogen-bond acceptors (Lipinski definition) is 4. The van der Waals surface area contributed by atoms with Crippen molar-refractivity contribution in [1.82, 2.24) is 4.90 Å². The lowest BCUT2D eigenvalue weighted by molar-refractivity contribution is -0.138. The van der Waals surface area contributed by atoms with Crippen LogP contribution in [0.25, 0.3) is 0 Å². The zero-order valence-electron chi connectivity index (χ0n) is 14.4. The molecule has 7 nitrogen and oxygen atoms in total. The minimum atomic E-state index is -1.01. The monoisotopic (exact) mass is 335 g/mol. The molecule has 0 saturated carbocycles. The summed E-state index contributed by atoms with van der Waals surface area (Å²) in [6, 6.07) is 5.15. The molecule has 1 rings (SSSR count). The van der Waals surface area contributed by atoms with Crippen LogP contribution in [0.1, 0.15) is 32.3 Å². The fourth-order valence-electron chi connectivity index (χ4n) is 2.17. The number of nitrogens with zero attached hydrogens (tertiary/aromatic N) is 1. The van der Waals surface area contributed by atoms with Crippen molar-refractivity contribution in [3.05, 3.63) is 23.8 Å². The van der Waals surface area contributed by atoms with Crippen molar-refractivity contribution in [2.24, 2.45) is 0 Å². The Labute approximate surface area is 142 Å². The lowest BCUT2D eigenvalue weighted by Gasteiger charge is -2.18. The molecule has 0 bridgehead atoms. The zero-order valence-corrected chi connectivity index (χ0v) is 14.4. The molecule has 132 valence electrons. The maximum Gasteiger partial charge on any atom is 0.303 e. The van der Waals surface area contributed by atoms with E-state index >= 15 is 0 Å². The molecule has 0 fully saturated rings. The highest BCUT2D eigenvalue weighted by Crippen LogP contribution is 2.20. The number of carbonyl (C=O) groups excluding carboxylic acids is 2. The number of carbonyl (C=O) groups is 3. The van der Waals surface area contributed by atoms with Gasteiger partial charge in [-0.15, -0.1) is 0 Å². The van der Waals surface area contributed by atoms with Crippen LogP contribution in [0.2, 0.25) is 0 Å². The lowest BCUT2D eigenvalue weighted by Crippen LogP contribution is -2.33. The Kier molecular flexibility index (Phi) is 7.91.